The molecule has 2 aliphatic heterocycles. The number of rotatable bonds is 14. The SMILES string of the molecule is O=C1CCC(N2C(=O)c3cccc(NCCc4cn(CCCCCCCCCO)nn4)c3C2=O)C(=O)N1. The summed E-state index contributed by atoms with van der Waals surface area (Å²) in [5, 5.41) is 22.7. The summed E-state index contributed by atoms with van der Waals surface area (Å²) in [5.41, 5.74) is 1.85. The fourth-order valence-corrected chi connectivity index (χ4v) is 4.82. The van der Waals surface area contributed by atoms with Crippen molar-refractivity contribution in [1.29, 1.82) is 0 Å². The van der Waals surface area contributed by atoms with Gasteiger partial charge >= 0.3 is 0 Å². The Hall–Kier alpha value is -3.60. The van der Waals surface area contributed by atoms with E-state index in [1.165, 1.54) is 19.3 Å². The summed E-state index contributed by atoms with van der Waals surface area (Å²) in [4.78, 5) is 50.8. The first-order chi connectivity index (χ1) is 18.0. The van der Waals surface area contributed by atoms with E-state index in [4.69, 9.17) is 5.11 Å². The second-order valence-corrected chi connectivity index (χ2v) is 9.52. The molecule has 37 heavy (non-hydrogen) atoms. The van der Waals surface area contributed by atoms with Crippen LogP contribution in [0, 0.1) is 0 Å². The molecule has 1 aromatic heterocycles. The van der Waals surface area contributed by atoms with Crippen LogP contribution in [-0.4, -0.2) is 67.8 Å². The van der Waals surface area contributed by atoms with Gasteiger partial charge in [0.1, 0.15) is 6.04 Å². The summed E-state index contributed by atoms with van der Waals surface area (Å²) in [6.45, 7) is 1.58. The Bertz CT molecular complexity index is 1150. The zero-order chi connectivity index (χ0) is 26.2. The van der Waals surface area contributed by atoms with E-state index < -0.39 is 29.7 Å². The van der Waals surface area contributed by atoms with Crippen LogP contribution in [0.15, 0.2) is 24.4 Å². The number of hydrogen-bond donors (Lipinski definition) is 3. The van der Waals surface area contributed by atoms with Crippen molar-refractivity contribution in [3.05, 3.63) is 41.2 Å². The minimum absolute atomic E-state index is 0.0844. The molecule has 1 unspecified atom stereocenters. The highest BCUT2D eigenvalue weighted by Gasteiger charge is 2.45. The van der Waals surface area contributed by atoms with Gasteiger partial charge in [-0.2, -0.15) is 0 Å². The van der Waals surface area contributed by atoms with Crippen LogP contribution in [0.2, 0.25) is 0 Å². The lowest BCUT2D eigenvalue weighted by Crippen LogP contribution is -2.54. The molecule has 2 aliphatic rings. The average Bonchev–Trinajstić information content (AvgIpc) is 3.43. The number of aromatic nitrogens is 3. The Morgan fingerprint density at radius 3 is 2.51 bits per heavy atom. The van der Waals surface area contributed by atoms with Crippen LogP contribution in [0.5, 0.6) is 0 Å². The van der Waals surface area contributed by atoms with Gasteiger partial charge in [-0.3, -0.25) is 34.1 Å². The van der Waals surface area contributed by atoms with Crippen molar-refractivity contribution in [2.45, 2.75) is 76.8 Å². The lowest BCUT2D eigenvalue weighted by atomic mass is 10.0. The molecule has 198 valence electrons. The number of aliphatic hydroxyl groups excluding tert-OH is 1. The number of aryl methyl sites for hydroxylation is 1. The maximum Gasteiger partial charge on any atom is 0.264 e. The highest BCUT2D eigenvalue weighted by atomic mass is 16.3. The fourth-order valence-electron chi connectivity index (χ4n) is 4.82. The van der Waals surface area contributed by atoms with Gasteiger partial charge in [-0.25, -0.2) is 0 Å². The summed E-state index contributed by atoms with van der Waals surface area (Å²) in [6, 6.07) is 4.02. The maximum atomic E-state index is 13.2. The first kappa shape index (κ1) is 26.5. The van der Waals surface area contributed by atoms with E-state index in [2.05, 4.69) is 20.9 Å². The van der Waals surface area contributed by atoms with Crippen molar-refractivity contribution in [3.63, 3.8) is 0 Å². The van der Waals surface area contributed by atoms with Gasteiger partial charge in [0.25, 0.3) is 11.8 Å². The van der Waals surface area contributed by atoms with Crippen molar-refractivity contribution in [2.75, 3.05) is 18.5 Å². The van der Waals surface area contributed by atoms with Crippen LogP contribution in [0.1, 0.15) is 84.2 Å². The van der Waals surface area contributed by atoms with Crippen LogP contribution in [0.4, 0.5) is 5.69 Å². The van der Waals surface area contributed by atoms with Gasteiger partial charge in [0, 0.05) is 44.4 Å². The summed E-state index contributed by atoms with van der Waals surface area (Å²) >= 11 is 0. The molecule has 11 nitrogen and oxygen atoms in total. The molecule has 1 saturated heterocycles. The Kier molecular flexibility index (Phi) is 8.99. The molecule has 4 amide bonds. The second kappa shape index (κ2) is 12.6. The third kappa shape index (κ3) is 6.40. The monoisotopic (exact) mass is 510 g/mol. The third-order valence-corrected chi connectivity index (χ3v) is 6.80. The topological polar surface area (TPSA) is 147 Å². The van der Waals surface area contributed by atoms with Gasteiger partial charge in [0.05, 0.1) is 16.8 Å². The highest BCUT2D eigenvalue weighted by Crippen LogP contribution is 2.32. The molecule has 3 heterocycles. The largest absolute Gasteiger partial charge is 0.396 e. The van der Waals surface area contributed by atoms with Gasteiger partial charge < -0.3 is 10.4 Å². The number of nitrogens with zero attached hydrogens (tertiary/aromatic N) is 4. The molecule has 0 aliphatic carbocycles. The molecule has 1 atom stereocenters. The first-order valence-corrected chi connectivity index (χ1v) is 13.1. The molecule has 1 aromatic carbocycles. The Labute approximate surface area is 215 Å². The lowest BCUT2D eigenvalue weighted by molar-refractivity contribution is -0.136. The van der Waals surface area contributed by atoms with Crippen LogP contribution in [0.3, 0.4) is 0 Å². The number of carbonyl (C=O) groups is 4. The number of piperidine rings is 1. The average molecular weight is 511 g/mol. The standard InChI is InChI=1S/C26H34N6O5/c33-16-7-5-3-1-2-4-6-15-31-17-18(29-30-31)13-14-27-20-10-8-9-19-23(20)26(37)32(25(19)36)21-11-12-22(34)28-24(21)35/h8-10,17,21,27,33H,1-7,11-16H2,(H,28,34,35). The number of nitrogens with one attached hydrogen (secondary N) is 2. The minimum Gasteiger partial charge on any atom is -0.396 e. The predicted octanol–water partition coefficient (Wildman–Crippen LogP) is 2.06. The summed E-state index contributed by atoms with van der Waals surface area (Å²) in [5.74, 6) is -2.08. The van der Waals surface area contributed by atoms with Crippen LogP contribution in [-0.2, 0) is 22.6 Å². The number of fused-ring (bicyclic) bond motifs is 1. The van der Waals surface area contributed by atoms with Crippen LogP contribution >= 0.6 is 0 Å². The molecule has 0 spiro atoms. The van der Waals surface area contributed by atoms with E-state index in [9.17, 15) is 19.2 Å². The van der Waals surface area contributed by atoms with Gasteiger partial charge in [0.2, 0.25) is 11.8 Å². The predicted molar refractivity (Wildman–Crippen MR) is 135 cm³/mol. The Balaban J connectivity index is 1.26. The molecular formula is C26H34N6O5. The van der Waals surface area contributed by atoms with Gasteiger partial charge in [-0.1, -0.05) is 43.4 Å². The molecule has 0 saturated carbocycles. The first-order valence-electron chi connectivity index (χ1n) is 13.1. The molecule has 2 aromatic rings. The molecule has 0 bridgehead atoms. The van der Waals surface area contributed by atoms with Crippen molar-refractivity contribution in [1.82, 2.24) is 25.2 Å². The number of anilines is 1. The summed E-state index contributed by atoms with van der Waals surface area (Å²) in [6.07, 6.45) is 10.4. The Morgan fingerprint density at radius 1 is 1.00 bits per heavy atom. The third-order valence-electron chi connectivity index (χ3n) is 6.80. The number of benzene rings is 1. The molecular weight excluding hydrogens is 476 g/mol. The van der Waals surface area contributed by atoms with E-state index in [0.717, 1.165) is 42.8 Å². The van der Waals surface area contributed by atoms with E-state index in [1.54, 1.807) is 18.2 Å². The lowest BCUT2D eigenvalue weighted by Gasteiger charge is -2.27. The highest BCUT2D eigenvalue weighted by molar-refractivity contribution is 6.25. The second-order valence-electron chi connectivity index (χ2n) is 9.52. The van der Waals surface area contributed by atoms with Crippen molar-refractivity contribution in [2.24, 2.45) is 0 Å². The molecule has 1 fully saturated rings. The van der Waals surface area contributed by atoms with Crippen LogP contribution in [0.25, 0.3) is 0 Å². The fraction of sp³-hybridized carbons (Fsp3) is 0.538. The van der Waals surface area contributed by atoms with Crippen molar-refractivity contribution >= 4 is 29.3 Å². The van der Waals surface area contributed by atoms with Crippen molar-refractivity contribution < 1.29 is 24.3 Å². The molecule has 3 N–H and O–H groups in total. The molecule has 0 radical (unpaired) electrons. The Morgan fingerprint density at radius 2 is 1.76 bits per heavy atom. The summed E-state index contributed by atoms with van der Waals surface area (Å²) in [7, 11) is 0. The van der Waals surface area contributed by atoms with Gasteiger partial charge in [-0.05, 0) is 31.4 Å². The smallest absolute Gasteiger partial charge is 0.264 e. The number of unbranched alkanes of at least 4 members (excludes halogenated alkanes) is 6. The number of imide groups is 2. The zero-order valence-electron chi connectivity index (χ0n) is 20.9. The van der Waals surface area contributed by atoms with E-state index in [-0.39, 0.29) is 30.6 Å². The number of aliphatic hydroxyl groups is 1. The van der Waals surface area contributed by atoms with Crippen LogP contribution < -0.4 is 10.6 Å². The van der Waals surface area contributed by atoms with Gasteiger partial charge in [0.15, 0.2) is 0 Å². The minimum atomic E-state index is -0.987. The van der Waals surface area contributed by atoms with E-state index in [0.29, 0.717) is 18.7 Å². The van der Waals surface area contributed by atoms with Crippen molar-refractivity contribution in [3.8, 4) is 0 Å². The number of hydrogen-bond acceptors (Lipinski definition) is 8. The number of carbonyl (C=O) groups excluding carboxylic acids is 4. The normalized spacial score (nSPS) is 17.3. The quantitative estimate of drug-likeness (QED) is 0.259. The maximum absolute atomic E-state index is 13.2. The van der Waals surface area contributed by atoms with E-state index in [1.807, 2.05) is 10.9 Å². The zero-order valence-corrected chi connectivity index (χ0v) is 20.9. The molecule has 11 heteroatoms. The van der Waals surface area contributed by atoms with E-state index >= 15 is 0 Å². The summed E-state index contributed by atoms with van der Waals surface area (Å²) < 4.78 is 1.85. The number of amides is 4. The van der Waals surface area contributed by atoms with Gasteiger partial charge in [-0.15, -0.1) is 5.10 Å². The molecule has 4 rings (SSSR count).